The highest BCUT2D eigenvalue weighted by molar-refractivity contribution is 7.18. The molecule has 32 heavy (non-hydrogen) atoms. The van der Waals surface area contributed by atoms with Crippen LogP contribution in [0.25, 0.3) is 21.1 Å². The number of thiophene rings is 1. The van der Waals surface area contributed by atoms with E-state index in [1.54, 1.807) is 13.1 Å². The van der Waals surface area contributed by atoms with Crippen molar-refractivity contribution >= 4 is 44.0 Å². The fourth-order valence-electron chi connectivity index (χ4n) is 4.25. The first kappa shape index (κ1) is 20.7. The van der Waals surface area contributed by atoms with Crippen LogP contribution in [-0.2, 0) is 13.1 Å². The Kier molecular flexibility index (Phi) is 5.40. The van der Waals surface area contributed by atoms with Gasteiger partial charge in [-0.15, -0.1) is 11.3 Å². The number of pyridine rings is 2. The number of hydrogen-bond donors (Lipinski definition) is 2. The fourth-order valence-corrected chi connectivity index (χ4v) is 5.35. The minimum Gasteiger partial charge on any atom is -0.371 e. The van der Waals surface area contributed by atoms with Gasteiger partial charge in [-0.05, 0) is 25.1 Å². The van der Waals surface area contributed by atoms with E-state index in [4.69, 9.17) is 0 Å². The summed E-state index contributed by atoms with van der Waals surface area (Å²) in [5.41, 5.74) is 2.09. The Morgan fingerprint density at radius 3 is 2.72 bits per heavy atom. The molecule has 1 fully saturated rings. The number of aromatic amines is 1. The van der Waals surface area contributed by atoms with Crippen molar-refractivity contribution in [3.8, 4) is 0 Å². The van der Waals surface area contributed by atoms with Crippen LogP contribution < -0.4 is 21.5 Å². The molecule has 2 N–H and O–H groups in total. The molecule has 0 aliphatic carbocycles. The van der Waals surface area contributed by atoms with Gasteiger partial charge in [-0.3, -0.25) is 19.2 Å². The molecule has 5 rings (SSSR count). The maximum Gasteiger partial charge on any atom is 0.328 e. The van der Waals surface area contributed by atoms with E-state index in [-0.39, 0.29) is 11.2 Å². The third-order valence-corrected chi connectivity index (χ3v) is 7.07. The van der Waals surface area contributed by atoms with Crippen LogP contribution in [0.1, 0.15) is 11.8 Å². The zero-order valence-electron chi connectivity index (χ0n) is 18.1. The molecule has 166 valence electrons. The SMILES string of the molecule is CCn1c(=O)[nH]c2cc(CN3CCN(c4cnc5c(NC)nccc5c4)CC3)sc2c1=O. The highest BCUT2D eigenvalue weighted by Gasteiger charge is 2.20. The molecular weight excluding hydrogens is 426 g/mol. The van der Waals surface area contributed by atoms with Gasteiger partial charge in [0.15, 0.2) is 5.82 Å². The number of H-pyrrole nitrogens is 1. The van der Waals surface area contributed by atoms with Crippen LogP contribution in [0.15, 0.2) is 40.2 Å². The van der Waals surface area contributed by atoms with Gasteiger partial charge in [0, 0.05) is 62.8 Å². The van der Waals surface area contributed by atoms with Crippen molar-refractivity contribution < 1.29 is 0 Å². The first-order valence-electron chi connectivity index (χ1n) is 10.7. The lowest BCUT2D eigenvalue weighted by atomic mass is 10.2. The summed E-state index contributed by atoms with van der Waals surface area (Å²) < 4.78 is 1.87. The Morgan fingerprint density at radius 1 is 1.16 bits per heavy atom. The Bertz CT molecular complexity index is 1400. The van der Waals surface area contributed by atoms with E-state index >= 15 is 0 Å². The molecule has 0 aromatic carbocycles. The largest absolute Gasteiger partial charge is 0.371 e. The number of piperazine rings is 1. The third kappa shape index (κ3) is 3.65. The summed E-state index contributed by atoms with van der Waals surface area (Å²) in [6.07, 6.45) is 3.71. The monoisotopic (exact) mass is 451 g/mol. The summed E-state index contributed by atoms with van der Waals surface area (Å²) in [5, 5.41) is 4.16. The molecule has 4 aromatic heterocycles. The van der Waals surface area contributed by atoms with E-state index in [0.717, 1.165) is 60.0 Å². The van der Waals surface area contributed by atoms with Crippen LogP contribution in [-0.4, -0.2) is 57.6 Å². The van der Waals surface area contributed by atoms with E-state index in [1.165, 1.54) is 15.9 Å². The van der Waals surface area contributed by atoms with E-state index in [2.05, 4.69) is 36.1 Å². The lowest BCUT2D eigenvalue weighted by Gasteiger charge is -2.35. The fraction of sp³-hybridized carbons (Fsp3) is 0.364. The van der Waals surface area contributed by atoms with Gasteiger partial charge in [0.05, 0.1) is 17.4 Å². The predicted octanol–water partition coefficient (Wildman–Crippen LogP) is 2.08. The topological polar surface area (TPSA) is 99.2 Å². The summed E-state index contributed by atoms with van der Waals surface area (Å²) in [7, 11) is 1.85. The van der Waals surface area contributed by atoms with Gasteiger partial charge >= 0.3 is 5.69 Å². The molecule has 1 saturated heterocycles. The first-order chi connectivity index (χ1) is 15.6. The molecule has 9 nitrogen and oxygen atoms in total. The van der Waals surface area contributed by atoms with Gasteiger partial charge in [0.2, 0.25) is 0 Å². The second kappa shape index (κ2) is 8.36. The average Bonchev–Trinajstić information content (AvgIpc) is 3.21. The van der Waals surface area contributed by atoms with Gasteiger partial charge in [-0.25, -0.2) is 9.78 Å². The Balaban J connectivity index is 1.29. The molecule has 0 saturated carbocycles. The summed E-state index contributed by atoms with van der Waals surface area (Å²) in [6.45, 7) is 6.59. The number of hydrogen-bond acceptors (Lipinski definition) is 8. The van der Waals surface area contributed by atoms with Gasteiger partial charge < -0.3 is 15.2 Å². The third-order valence-electron chi connectivity index (χ3n) is 5.96. The van der Waals surface area contributed by atoms with Crippen LogP contribution in [0, 0.1) is 0 Å². The van der Waals surface area contributed by atoms with Gasteiger partial charge in [0.1, 0.15) is 10.2 Å². The van der Waals surface area contributed by atoms with Crippen LogP contribution in [0.3, 0.4) is 0 Å². The number of nitrogens with one attached hydrogen (secondary N) is 2. The Labute approximate surface area is 188 Å². The summed E-state index contributed by atoms with van der Waals surface area (Å²) >= 11 is 1.48. The van der Waals surface area contributed by atoms with Crippen molar-refractivity contribution in [3.05, 3.63) is 56.3 Å². The standard InChI is InChI=1S/C22H25N7O2S/c1-3-29-21(30)19-17(26-22(29)31)11-16(32-19)13-27-6-8-28(9-7-27)15-10-14-4-5-24-20(23-2)18(14)25-12-15/h4-5,10-12H,3,6-9,13H2,1-2H3,(H,23,24)(H,26,31). The lowest BCUT2D eigenvalue weighted by molar-refractivity contribution is 0.252. The van der Waals surface area contributed by atoms with E-state index in [0.29, 0.717) is 16.8 Å². The van der Waals surface area contributed by atoms with Crippen molar-refractivity contribution in [1.82, 2.24) is 24.4 Å². The maximum absolute atomic E-state index is 12.5. The molecule has 0 atom stereocenters. The molecule has 5 heterocycles. The first-order valence-corrected chi connectivity index (χ1v) is 11.5. The number of rotatable bonds is 5. The van der Waals surface area contributed by atoms with E-state index < -0.39 is 0 Å². The van der Waals surface area contributed by atoms with Crippen molar-refractivity contribution in [2.24, 2.45) is 0 Å². The van der Waals surface area contributed by atoms with Crippen LogP contribution >= 0.6 is 11.3 Å². The van der Waals surface area contributed by atoms with Crippen molar-refractivity contribution in [2.45, 2.75) is 20.0 Å². The Morgan fingerprint density at radius 2 is 1.97 bits per heavy atom. The zero-order valence-corrected chi connectivity index (χ0v) is 18.9. The van der Waals surface area contributed by atoms with Crippen molar-refractivity contribution in [3.63, 3.8) is 0 Å². The predicted molar refractivity (Wildman–Crippen MR) is 129 cm³/mol. The van der Waals surface area contributed by atoms with Gasteiger partial charge in [-0.1, -0.05) is 0 Å². The van der Waals surface area contributed by atoms with Crippen LogP contribution in [0.4, 0.5) is 11.5 Å². The number of fused-ring (bicyclic) bond motifs is 2. The molecule has 0 unspecified atom stereocenters. The molecule has 4 aromatic rings. The van der Waals surface area contributed by atoms with Crippen molar-refractivity contribution in [1.29, 1.82) is 0 Å². The average molecular weight is 452 g/mol. The molecule has 1 aliphatic heterocycles. The lowest BCUT2D eigenvalue weighted by Crippen LogP contribution is -2.45. The number of aromatic nitrogens is 4. The summed E-state index contributed by atoms with van der Waals surface area (Å²) in [5.74, 6) is 0.786. The molecular formula is C22H25N7O2S. The highest BCUT2D eigenvalue weighted by atomic mass is 32.1. The van der Waals surface area contributed by atoms with Gasteiger partial charge in [-0.2, -0.15) is 0 Å². The second-order valence-corrected chi connectivity index (χ2v) is 9.01. The summed E-state index contributed by atoms with van der Waals surface area (Å²) in [6, 6.07) is 6.10. The highest BCUT2D eigenvalue weighted by Crippen LogP contribution is 2.26. The minimum absolute atomic E-state index is 0.201. The second-order valence-electron chi connectivity index (χ2n) is 7.87. The van der Waals surface area contributed by atoms with Crippen LogP contribution in [0.2, 0.25) is 0 Å². The number of nitrogens with zero attached hydrogens (tertiary/aromatic N) is 5. The Hall–Kier alpha value is -3.24. The van der Waals surface area contributed by atoms with E-state index in [1.807, 2.05) is 25.4 Å². The van der Waals surface area contributed by atoms with E-state index in [9.17, 15) is 9.59 Å². The quantitative estimate of drug-likeness (QED) is 0.479. The zero-order chi connectivity index (χ0) is 22.2. The normalized spacial score (nSPS) is 15.0. The number of anilines is 2. The molecule has 1 aliphatic rings. The molecule has 0 bridgehead atoms. The molecule has 0 amide bonds. The smallest absolute Gasteiger partial charge is 0.328 e. The minimum atomic E-state index is -0.343. The van der Waals surface area contributed by atoms with Gasteiger partial charge in [0.25, 0.3) is 5.56 Å². The molecule has 0 radical (unpaired) electrons. The van der Waals surface area contributed by atoms with Crippen LogP contribution in [0.5, 0.6) is 0 Å². The molecule has 10 heteroatoms. The molecule has 0 spiro atoms. The maximum atomic E-state index is 12.5. The van der Waals surface area contributed by atoms with Crippen molar-refractivity contribution in [2.75, 3.05) is 43.4 Å². The summed E-state index contributed by atoms with van der Waals surface area (Å²) in [4.78, 5) is 42.2.